The van der Waals surface area contributed by atoms with E-state index in [0.717, 1.165) is 0 Å². The Hall–Kier alpha value is -1.27. The summed E-state index contributed by atoms with van der Waals surface area (Å²) in [5.41, 5.74) is 0.0824. The van der Waals surface area contributed by atoms with Crippen molar-refractivity contribution in [3.8, 4) is 0 Å². The lowest BCUT2D eigenvalue weighted by atomic mass is 10.1. The molecule has 0 aliphatic heterocycles. The first-order chi connectivity index (χ1) is 8.79. The van der Waals surface area contributed by atoms with Crippen molar-refractivity contribution in [2.45, 2.75) is 6.42 Å². The second-order valence-electron chi connectivity index (χ2n) is 4.59. The van der Waals surface area contributed by atoms with E-state index in [1.807, 2.05) is 0 Å². The molecule has 0 aliphatic carbocycles. The van der Waals surface area contributed by atoms with Gasteiger partial charge in [0.05, 0.1) is 11.3 Å². The number of carbonyl (C=O) groups is 1. The minimum Gasteiger partial charge on any atom is -0.305 e. The highest BCUT2D eigenvalue weighted by molar-refractivity contribution is 7.90. The molecule has 1 aromatic carbocycles. The number of Topliss-reactive ketones (excluding diaryl/α,β-unsaturated/α-hetero) is 1. The molecule has 4 nitrogen and oxygen atoms in total. The molecular formula is C13H18FNO3S. The molecule has 0 heterocycles. The minimum atomic E-state index is -3.00. The molecule has 19 heavy (non-hydrogen) atoms. The highest BCUT2D eigenvalue weighted by Crippen LogP contribution is 2.09. The van der Waals surface area contributed by atoms with Crippen molar-refractivity contribution in [2.75, 3.05) is 32.1 Å². The van der Waals surface area contributed by atoms with Crippen molar-refractivity contribution in [3.05, 3.63) is 35.6 Å². The number of nitrogens with zero attached hydrogens (tertiary/aromatic N) is 1. The zero-order chi connectivity index (χ0) is 14.5. The van der Waals surface area contributed by atoms with Crippen LogP contribution in [0.3, 0.4) is 0 Å². The van der Waals surface area contributed by atoms with Crippen LogP contribution in [0, 0.1) is 5.82 Å². The van der Waals surface area contributed by atoms with Gasteiger partial charge in [0, 0.05) is 25.8 Å². The average molecular weight is 287 g/mol. The summed E-state index contributed by atoms with van der Waals surface area (Å²) in [6.45, 7) is 0.770. The summed E-state index contributed by atoms with van der Waals surface area (Å²) in [6.07, 6.45) is 1.34. The highest BCUT2D eigenvalue weighted by Gasteiger charge is 2.12. The van der Waals surface area contributed by atoms with Gasteiger partial charge in [0.1, 0.15) is 15.7 Å². The number of rotatable bonds is 7. The second kappa shape index (κ2) is 6.77. The Morgan fingerprint density at radius 3 is 2.47 bits per heavy atom. The van der Waals surface area contributed by atoms with Crippen LogP contribution in [0.5, 0.6) is 0 Å². The van der Waals surface area contributed by atoms with Gasteiger partial charge in [-0.05, 0) is 19.2 Å². The maximum absolute atomic E-state index is 13.4. The molecule has 1 aromatic rings. The van der Waals surface area contributed by atoms with Crippen molar-refractivity contribution < 1.29 is 17.6 Å². The van der Waals surface area contributed by atoms with Crippen LogP contribution in [0.1, 0.15) is 16.8 Å². The lowest BCUT2D eigenvalue weighted by Gasteiger charge is -2.15. The molecule has 106 valence electrons. The van der Waals surface area contributed by atoms with Gasteiger partial charge in [0.15, 0.2) is 5.78 Å². The van der Waals surface area contributed by atoms with E-state index >= 15 is 0 Å². The third-order valence-electron chi connectivity index (χ3n) is 2.74. The SMILES string of the molecule is CN(CCC(=O)c1ccccc1F)CCS(C)(=O)=O. The smallest absolute Gasteiger partial charge is 0.167 e. The Labute approximate surface area is 113 Å². The average Bonchev–Trinajstić information content (AvgIpc) is 2.33. The third-order valence-corrected chi connectivity index (χ3v) is 3.66. The van der Waals surface area contributed by atoms with Crippen molar-refractivity contribution in [3.63, 3.8) is 0 Å². The zero-order valence-electron chi connectivity index (χ0n) is 11.1. The highest BCUT2D eigenvalue weighted by atomic mass is 32.2. The van der Waals surface area contributed by atoms with Crippen molar-refractivity contribution in [1.29, 1.82) is 0 Å². The Morgan fingerprint density at radius 2 is 1.89 bits per heavy atom. The number of hydrogen-bond acceptors (Lipinski definition) is 4. The fraction of sp³-hybridized carbons (Fsp3) is 0.462. The largest absolute Gasteiger partial charge is 0.305 e. The Balaban J connectivity index is 2.45. The number of halogens is 1. The Morgan fingerprint density at radius 1 is 1.26 bits per heavy atom. The molecule has 0 amide bonds. The summed E-state index contributed by atoms with van der Waals surface area (Å²) in [5.74, 6) is -0.743. The van der Waals surface area contributed by atoms with Gasteiger partial charge >= 0.3 is 0 Å². The van der Waals surface area contributed by atoms with Crippen molar-refractivity contribution in [1.82, 2.24) is 4.90 Å². The number of hydrogen-bond donors (Lipinski definition) is 0. The summed E-state index contributed by atoms with van der Waals surface area (Å²) in [4.78, 5) is 13.5. The van der Waals surface area contributed by atoms with Gasteiger partial charge in [0.25, 0.3) is 0 Å². The van der Waals surface area contributed by atoms with Gasteiger partial charge in [0.2, 0.25) is 0 Å². The molecule has 0 saturated heterocycles. The van der Waals surface area contributed by atoms with E-state index < -0.39 is 15.7 Å². The lowest BCUT2D eigenvalue weighted by Crippen LogP contribution is -2.27. The van der Waals surface area contributed by atoms with Gasteiger partial charge in [-0.2, -0.15) is 0 Å². The minimum absolute atomic E-state index is 0.0530. The van der Waals surface area contributed by atoms with E-state index in [1.54, 1.807) is 18.0 Å². The van der Waals surface area contributed by atoms with Crippen LogP contribution in [0.4, 0.5) is 4.39 Å². The summed E-state index contributed by atoms with van der Waals surface area (Å²) in [7, 11) is -1.27. The van der Waals surface area contributed by atoms with E-state index in [1.165, 1.54) is 24.5 Å². The predicted molar refractivity (Wildman–Crippen MR) is 72.6 cm³/mol. The predicted octanol–water partition coefficient (Wildman–Crippen LogP) is 1.37. The zero-order valence-corrected chi connectivity index (χ0v) is 11.9. The number of carbonyl (C=O) groups excluding carboxylic acids is 1. The lowest BCUT2D eigenvalue weighted by molar-refractivity contribution is 0.0966. The summed E-state index contributed by atoms with van der Waals surface area (Å²) < 4.78 is 35.3. The first-order valence-corrected chi connectivity index (χ1v) is 7.99. The van der Waals surface area contributed by atoms with E-state index in [-0.39, 0.29) is 23.5 Å². The first-order valence-electron chi connectivity index (χ1n) is 5.93. The quantitative estimate of drug-likeness (QED) is 0.711. The number of benzene rings is 1. The topological polar surface area (TPSA) is 54.5 Å². The molecule has 0 radical (unpaired) electrons. The van der Waals surface area contributed by atoms with Crippen LogP contribution in [-0.2, 0) is 9.84 Å². The molecule has 0 atom stereocenters. The van der Waals surface area contributed by atoms with Gasteiger partial charge in [-0.15, -0.1) is 0 Å². The number of sulfone groups is 1. The molecular weight excluding hydrogens is 269 g/mol. The van der Waals surface area contributed by atoms with Crippen LogP contribution in [-0.4, -0.2) is 51.2 Å². The first kappa shape index (κ1) is 15.8. The fourth-order valence-corrected chi connectivity index (χ4v) is 2.19. The summed E-state index contributed by atoms with van der Waals surface area (Å²) >= 11 is 0. The van der Waals surface area contributed by atoms with Gasteiger partial charge in [-0.3, -0.25) is 4.79 Å². The van der Waals surface area contributed by atoms with Crippen LogP contribution in [0.25, 0.3) is 0 Å². The van der Waals surface area contributed by atoms with Crippen LogP contribution in [0.15, 0.2) is 24.3 Å². The molecule has 0 bridgehead atoms. The van der Waals surface area contributed by atoms with Gasteiger partial charge in [-0.25, -0.2) is 12.8 Å². The van der Waals surface area contributed by atoms with Crippen LogP contribution < -0.4 is 0 Å². The standard InChI is InChI=1S/C13H18FNO3S/c1-15(9-10-19(2,17)18)8-7-13(16)11-5-3-4-6-12(11)14/h3-6H,7-10H2,1-2H3. The molecule has 0 aliphatic rings. The maximum Gasteiger partial charge on any atom is 0.167 e. The molecule has 0 spiro atoms. The van der Waals surface area contributed by atoms with Crippen LogP contribution in [0.2, 0.25) is 0 Å². The monoisotopic (exact) mass is 287 g/mol. The maximum atomic E-state index is 13.4. The third kappa shape index (κ3) is 5.94. The summed E-state index contributed by atoms with van der Waals surface area (Å²) in [6, 6.07) is 5.85. The Bertz CT molecular complexity index is 543. The molecule has 0 fully saturated rings. The molecule has 0 unspecified atom stereocenters. The molecule has 0 N–H and O–H groups in total. The van der Waals surface area contributed by atoms with E-state index in [0.29, 0.717) is 13.1 Å². The molecule has 0 aromatic heterocycles. The second-order valence-corrected chi connectivity index (χ2v) is 6.85. The van der Waals surface area contributed by atoms with E-state index in [2.05, 4.69) is 0 Å². The molecule has 6 heteroatoms. The normalized spacial score (nSPS) is 11.8. The van der Waals surface area contributed by atoms with Crippen molar-refractivity contribution in [2.24, 2.45) is 0 Å². The van der Waals surface area contributed by atoms with Gasteiger partial charge in [-0.1, -0.05) is 12.1 Å². The number of ketones is 1. The van der Waals surface area contributed by atoms with Crippen LogP contribution >= 0.6 is 0 Å². The van der Waals surface area contributed by atoms with E-state index in [4.69, 9.17) is 0 Å². The van der Waals surface area contributed by atoms with Crippen molar-refractivity contribution >= 4 is 15.6 Å². The molecule has 1 rings (SSSR count). The van der Waals surface area contributed by atoms with E-state index in [9.17, 15) is 17.6 Å². The van der Waals surface area contributed by atoms with Gasteiger partial charge < -0.3 is 4.90 Å². The Kier molecular flexibility index (Phi) is 5.62. The fourth-order valence-electron chi connectivity index (χ4n) is 1.55. The molecule has 0 saturated carbocycles. The summed E-state index contributed by atoms with van der Waals surface area (Å²) in [5, 5.41) is 0.